The number of nitrogens with one attached hydrogen (secondary N) is 2. The van der Waals surface area contributed by atoms with E-state index in [0.717, 1.165) is 33.4 Å². The molecular weight excluding hydrogens is 939 g/mol. The molecule has 0 aromatic heterocycles. The van der Waals surface area contributed by atoms with E-state index in [4.69, 9.17) is 18.9 Å². The van der Waals surface area contributed by atoms with E-state index in [2.05, 4.69) is 29.3 Å². The molecule has 1 aliphatic heterocycles. The van der Waals surface area contributed by atoms with Gasteiger partial charge in [0.25, 0.3) is 0 Å². The highest BCUT2D eigenvalue weighted by Crippen LogP contribution is 2.44. The Morgan fingerprint density at radius 1 is 0.770 bits per heavy atom. The van der Waals surface area contributed by atoms with Crippen LogP contribution in [0.2, 0.25) is 0 Å². The fraction of sp³-hybridized carbons (Fsp3) is 0.559. The first-order valence-electron chi connectivity index (χ1n) is 26.2. The number of likely N-dealkylation sites (N-methyl/N-ethyl adjacent to an activating group) is 2. The summed E-state index contributed by atoms with van der Waals surface area (Å²) >= 11 is 0. The van der Waals surface area contributed by atoms with Gasteiger partial charge in [-0.25, -0.2) is 9.59 Å². The van der Waals surface area contributed by atoms with Gasteiger partial charge < -0.3 is 39.4 Å². The van der Waals surface area contributed by atoms with Crippen molar-refractivity contribution in [3.05, 3.63) is 108 Å². The van der Waals surface area contributed by atoms with Crippen molar-refractivity contribution < 1.29 is 47.7 Å². The molecule has 5 amide bonds. The van der Waals surface area contributed by atoms with Gasteiger partial charge >= 0.3 is 12.1 Å². The standard InChI is InChI=1S/C59H83N5O10/c1-16-38(7)52(48(71-14)32-49(65)64-33-37(6)30-47(64)53(72-15)39(8)54(66)60-46(57(69)74-59(9,10)11)31-40-24-18-17-19-25-40)62(12)56(68)50(35(2)3)61-55(67)51(36(4)5)63(13)58(70)73-34-45-43-28-22-20-26-41(43)42-27-21-23-29-44(42)45/h17-29,35-36,38-39,45-48,50-53H,6,16,30-34H2,1-5,7-15H3,(H,60,66)(H,61,67)/t38-,39+,46-,47-,48+,50-,51-,52?,53+/m0/s1. The fourth-order valence-corrected chi connectivity index (χ4v) is 10.7. The molecule has 0 spiro atoms. The normalized spacial score (nSPS) is 17.8. The highest BCUT2D eigenvalue weighted by molar-refractivity contribution is 5.92. The Kier molecular flexibility index (Phi) is 20.6. The molecule has 5 rings (SSSR count). The number of carbonyl (C=O) groups is 6. The minimum atomic E-state index is -0.992. The minimum Gasteiger partial charge on any atom is -0.458 e. The van der Waals surface area contributed by atoms with Crippen LogP contribution < -0.4 is 10.6 Å². The Labute approximate surface area is 440 Å². The number of rotatable bonds is 23. The van der Waals surface area contributed by atoms with E-state index in [-0.39, 0.29) is 61.5 Å². The number of fused-ring (bicyclic) bond motifs is 3. The van der Waals surface area contributed by atoms with Crippen LogP contribution in [0, 0.1) is 23.7 Å². The number of hydrogen-bond donors (Lipinski definition) is 2. The first-order valence-corrected chi connectivity index (χ1v) is 26.2. The summed E-state index contributed by atoms with van der Waals surface area (Å²) in [7, 11) is 6.23. The lowest BCUT2D eigenvalue weighted by Crippen LogP contribution is -2.60. The molecule has 15 heteroatoms. The number of amides is 5. The van der Waals surface area contributed by atoms with E-state index in [1.807, 2.05) is 108 Å². The zero-order valence-corrected chi connectivity index (χ0v) is 46.3. The van der Waals surface area contributed by atoms with E-state index in [1.54, 1.807) is 51.6 Å². The van der Waals surface area contributed by atoms with Crippen LogP contribution in [-0.4, -0.2) is 140 Å². The minimum absolute atomic E-state index is 0.0887. The van der Waals surface area contributed by atoms with Crippen LogP contribution in [0.3, 0.4) is 0 Å². The van der Waals surface area contributed by atoms with Gasteiger partial charge in [-0.1, -0.05) is 146 Å². The summed E-state index contributed by atoms with van der Waals surface area (Å²) in [5.74, 6) is -3.96. The highest BCUT2D eigenvalue weighted by atomic mass is 16.6. The second-order valence-corrected chi connectivity index (χ2v) is 22.0. The number of benzene rings is 3. The molecule has 74 heavy (non-hydrogen) atoms. The van der Waals surface area contributed by atoms with Gasteiger partial charge in [-0.2, -0.15) is 0 Å². The van der Waals surface area contributed by atoms with Crippen molar-refractivity contribution in [3.8, 4) is 11.1 Å². The molecule has 2 aliphatic rings. The molecule has 1 aliphatic carbocycles. The Balaban J connectivity index is 1.29. The van der Waals surface area contributed by atoms with Gasteiger partial charge in [0.1, 0.15) is 30.3 Å². The number of likely N-dealkylation sites (tertiary alicyclic amines) is 1. The van der Waals surface area contributed by atoms with Gasteiger partial charge in [0.15, 0.2) is 0 Å². The second-order valence-electron chi connectivity index (χ2n) is 22.0. The van der Waals surface area contributed by atoms with Gasteiger partial charge in [0, 0.05) is 47.2 Å². The van der Waals surface area contributed by atoms with Crippen molar-refractivity contribution in [2.45, 2.75) is 149 Å². The third kappa shape index (κ3) is 14.2. The van der Waals surface area contributed by atoms with Crippen LogP contribution in [0.15, 0.2) is 91.0 Å². The molecule has 3 aromatic carbocycles. The molecule has 1 saturated heterocycles. The highest BCUT2D eigenvalue weighted by Gasteiger charge is 2.45. The summed E-state index contributed by atoms with van der Waals surface area (Å²) in [6.07, 6.45) is -1.08. The lowest BCUT2D eigenvalue weighted by Gasteiger charge is -2.41. The topological polar surface area (TPSA) is 173 Å². The number of carbonyl (C=O) groups excluding carboxylic acids is 6. The Morgan fingerprint density at radius 3 is 1.88 bits per heavy atom. The van der Waals surface area contributed by atoms with E-state index < -0.39 is 77.8 Å². The third-order valence-corrected chi connectivity index (χ3v) is 14.7. The maximum atomic E-state index is 14.8. The number of methoxy groups -OCH3 is 2. The van der Waals surface area contributed by atoms with Crippen LogP contribution in [-0.2, 0) is 49.3 Å². The SMILES string of the molecule is C=C1C[C@@H]([C@H](OC)[C@@H](C)C(=O)N[C@@H](Cc2ccccc2)C(=O)OC(C)(C)C)N(C(=O)C[C@@H](OC)C([C@@H](C)CC)N(C)C(=O)[C@@H](NC(=O)[C@H](C(C)C)N(C)C(=O)OCC2c3ccccc3-c3ccccc32)C(C)C)C1. The van der Waals surface area contributed by atoms with Gasteiger partial charge in [0.05, 0.1) is 36.6 Å². The second kappa shape index (κ2) is 25.9. The Hall–Kier alpha value is -6.06. The van der Waals surface area contributed by atoms with Crippen LogP contribution in [0.5, 0.6) is 0 Å². The molecule has 404 valence electrons. The Morgan fingerprint density at radius 2 is 1.35 bits per heavy atom. The average molecular weight is 1020 g/mol. The first kappa shape index (κ1) is 58.8. The number of nitrogens with zero attached hydrogens (tertiary/aromatic N) is 3. The molecule has 0 bridgehead atoms. The van der Waals surface area contributed by atoms with E-state index in [1.165, 1.54) is 19.1 Å². The smallest absolute Gasteiger partial charge is 0.410 e. The van der Waals surface area contributed by atoms with Gasteiger partial charge in [-0.3, -0.25) is 24.1 Å². The molecule has 1 heterocycles. The Bertz CT molecular complexity index is 2390. The molecule has 3 aromatic rings. The summed E-state index contributed by atoms with van der Waals surface area (Å²) in [5.41, 5.74) is 5.21. The zero-order valence-electron chi connectivity index (χ0n) is 46.3. The van der Waals surface area contributed by atoms with Crippen LogP contribution in [0.1, 0.15) is 111 Å². The quantitative estimate of drug-likeness (QED) is 0.0697. The van der Waals surface area contributed by atoms with Crippen LogP contribution in [0.25, 0.3) is 11.1 Å². The number of ether oxygens (including phenoxy) is 4. The van der Waals surface area contributed by atoms with Crippen molar-refractivity contribution in [3.63, 3.8) is 0 Å². The summed E-state index contributed by atoms with van der Waals surface area (Å²) in [5, 5.41) is 5.93. The fourth-order valence-electron chi connectivity index (χ4n) is 10.7. The van der Waals surface area contributed by atoms with E-state index >= 15 is 0 Å². The summed E-state index contributed by atoms with van der Waals surface area (Å²) in [6.45, 7) is 22.9. The third-order valence-electron chi connectivity index (χ3n) is 14.7. The molecule has 9 atom stereocenters. The number of esters is 1. The van der Waals surface area contributed by atoms with Gasteiger partial charge in [-0.05, 0) is 72.8 Å². The molecule has 1 unspecified atom stereocenters. The summed E-state index contributed by atoms with van der Waals surface area (Å²) in [6, 6.07) is 21.4. The van der Waals surface area contributed by atoms with E-state index in [9.17, 15) is 28.8 Å². The molecule has 1 fully saturated rings. The number of hydrogen-bond acceptors (Lipinski definition) is 10. The monoisotopic (exact) mass is 1020 g/mol. The lowest BCUT2D eigenvalue weighted by atomic mass is 9.89. The summed E-state index contributed by atoms with van der Waals surface area (Å²) in [4.78, 5) is 89.8. The molecule has 0 radical (unpaired) electrons. The van der Waals surface area contributed by atoms with Crippen molar-refractivity contribution in [2.24, 2.45) is 23.7 Å². The predicted molar refractivity (Wildman–Crippen MR) is 287 cm³/mol. The van der Waals surface area contributed by atoms with Crippen molar-refractivity contribution in [2.75, 3.05) is 41.5 Å². The average Bonchev–Trinajstić information content (AvgIpc) is 3.90. The lowest BCUT2D eigenvalue weighted by molar-refractivity contribution is -0.159. The zero-order chi connectivity index (χ0) is 54.8. The molecular formula is C59H83N5O10. The maximum absolute atomic E-state index is 14.8. The van der Waals surface area contributed by atoms with Crippen LogP contribution in [0.4, 0.5) is 4.79 Å². The molecule has 15 nitrogen and oxygen atoms in total. The predicted octanol–water partition coefficient (Wildman–Crippen LogP) is 8.19. The molecule has 0 saturated carbocycles. The largest absolute Gasteiger partial charge is 0.458 e. The maximum Gasteiger partial charge on any atom is 0.410 e. The van der Waals surface area contributed by atoms with Gasteiger partial charge in [-0.15, -0.1) is 0 Å². The summed E-state index contributed by atoms with van der Waals surface area (Å²) < 4.78 is 23.8. The van der Waals surface area contributed by atoms with Crippen LogP contribution >= 0.6 is 0 Å². The van der Waals surface area contributed by atoms with E-state index in [0.29, 0.717) is 12.8 Å². The van der Waals surface area contributed by atoms with Crippen molar-refractivity contribution in [1.82, 2.24) is 25.3 Å². The van der Waals surface area contributed by atoms with Crippen molar-refractivity contribution >= 4 is 35.7 Å². The molecule has 2 N–H and O–H groups in total. The van der Waals surface area contributed by atoms with Gasteiger partial charge in [0.2, 0.25) is 23.6 Å². The van der Waals surface area contributed by atoms with Crippen molar-refractivity contribution in [1.29, 1.82) is 0 Å². The first-order chi connectivity index (χ1) is 34.9.